The fourth-order valence-electron chi connectivity index (χ4n) is 1.80. The summed E-state index contributed by atoms with van der Waals surface area (Å²) in [5.74, 6) is 0. The standard InChI is InChI=1S/C13H20FNOS/c1-5-8(2)11-10(15)9(3)12(17-11)13(4,14)6-7-16/h15-16H,5-7H2,1-4H3/b11-8+,15-10?. The predicted octanol–water partition coefficient (Wildman–Crippen LogP) is 3.82. The summed E-state index contributed by atoms with van der Waals surface area (Å²) in [4.78, 5) is 1.46. The third kappa shape index (κ3) is 2.80. The number of aliphatic hydroxyl groups is 1. The monoisotopic (exact) mass is 257 g/mol. The van der Waals surface area contributed by atoms with Crippen LogP contribution in [0.2, 0.25) is 0 Å². The summed E-state index contributed by atoms with van der Waals surface area (Å²) in [5.41, 5.74) is 0.725. The van der Waals surface area contributed by atoms with Crippen LogP contribution in [0.5, 0.6) is 0 Å². The van der Waals surface area contributed by atoms with Gasteiger partial charge in [0, 0.05) is 22.8 Å². The van der Waals surface area contributed by atoms with Gasteiger partial charge in [0.05, 0.1) is 5.71 Å². The number of halogens is 1. The summed E-state index contributed by atoms with van der Waals surface area (Å²) in [6.45, 7) is 7.10. The summed E-state index contributed by atoms with van der Waals surface area (Å²) in [6.07, 6.45) is 0.951. The Morgan fingerprint density at radius 2 is 2.12 bits per heavy atom. The van der Waals surface area contributed by atoms with Crippen LogP contribution in [-0.4, -0.2) is 23.1 Å². The van der Waals surface area contributed by atoms with Gasteiger partial charge in [-0.1, -0.05) is 24.3 Å². The number of alkyl halides is 1. The SMILES string of the molecule is CC/C(C)=C1/SC(C(C)(F)CCO)=C(C)C1=N. The molecule has 0 saturated carbocycles. The molecule has 0 fully saturated rings. The quantitative estimate of drug-likeness (QED) is 0.804. The van der Waals surface area contributed by atoms with Gasteiger partial charge in [0.2, 0.25) is 0 Å². The number of rotatable bonds is 4. The predicted molar refractivity (Wildman–Crippen MR) is 72.2 cm³/mol. The molecule has 0 bridgehead atoms. The molecule has 1 rings (SSSR count). The smallest absolute Gasteiger partial charge is 0.141 e. The van der Waals surface area contributed by atoms with Gasteiger partial charge in [-0.3, -0.25) is 5.41 Å². The second kappa shape index (κ2) is 5.36. The molecule has 1 atom stereocenters. The molecule has 4 heteroatoms. The van der Waals surface area contributed by atoms with E-state index in [0.717, 1.165) is 16.9 Å². The van der Waals surface area contributed by atoms with Crippen LogP contribution in [0.15, 0.2) is 21.0 Å². The molecule has 96 valence electrons. The van der Waals surface area contributed by atoms with Crippen molar-refractivity contribution in [2.24, 2.45) is 0 Å². The van der Waals surface area contributed by atoms with Crippen LogP contribution in [0.4, 0.5) is 4.39 Å². The maximum atomic E-state index is 14.4. The van der Waals surface area contributed by atoms with E-state index in [9.17, 15) is 4.39 Å². The van der Waals surface area contributed by atoms with E-state index in [-0.39, 0.29) is 13.0 Å². The Labute approximate surface area is 107 Å². The van der Waals surface area contributed by atoms with Gasteiger partial charge in [-0.05, 0) is 32.8 Å². The van der Waals surface area contributed by atoms with Gasteiger partial charge in [-0.25, -0.2) is 4.39 Å². The van der Waals surface area contributed by atoms with E-state index in [4.69, 9.17) is 10.5 Å². The summed E-state index contributed by atoms with van der Waals surface area (Å²) in [7, 11) is 0. The first kappa shape index (κ1) is 14.5. The molecule has 0 aromatic carbocycles. The molecule has 17 heavy (non-hydrogen) atoms. The number of hydrogen-bond acceptors (Lipinski definition) is 3. The molecule has 0 amide bonds. The van der Waals surface area contributed by atoms with Crippen molar-refractivity contribution < 1.29 is 9.50 Å². The van der Waals surface area contributed by atoms with Gasteiger partial charge in [0.1, 0.15) is 5.67 Å². The highest BCUT2D eigenvalue weighted by atomic mass is 32.2. The van der Waals surface area contributed by atoms with E-state index in [1.807, 2.05) is 13.8 Å². The van der Waals surface area contributed by atoms with E-state index < -0.39 is 5.67 Å². The molecule has 2 nitrogen and oxygen atoms in total. The lowest BCUT2D eigenvalue weighted by Crippen LogP contribution is -2.21. The summed E-state index contributed by atoms with van der Waals surface area (Å²) >= 11 is 1.36. The Bertz CT molecular complexity index is 396. The Hall–Kier alpha value is -0.610. The molecule has 0 aromatic heterocycles. The van der Waals surface area contributed by atoms with Crippen molar-refractivity contribution in [1.82, 2.24) is 0 Å². The highest BCUT2D eigenvalue weighted by Crippen LogP contribution is 2.48. The Morgan fingerprint density at radius 1 is 1.53 bits per heavy atom. The first-order valence-electron chi connectivity index (χ1n) is 5.83. The minimum atomic E-state index is -1.54. The zero-order chi connectivity index (χ0) is 13.2. The lowest BCUT2D eigenvalue weighted by atomic mass is 9.98. The van der Waals surface area contributed by atoms with Crippen LogP contribution in [0.25, 0.3) is 0 Å². The number of thioether (sulfide) groups is 1. The van der Waals surface area contributed by atoms with Gasteiger partial charge in [-0.2, -0.15) is 0 Å². The molecule has 0 aromatic rings. The third-order valence-electron chi connectivity index (χ3n) is 3.12. The minimum Gasteiger partial charge on any atom is -0.396 e. The molecule has 0 radical (unpaired) electrons. The fraction of sp³-hybridized carbons (Fsp3) is 0.615. The maximum Gasteiger partial charge on any atom is 0.141 e. The first-order chi connectivity index (χ1) is 7.85. The van der Waals surface area contributed by atoms with Crippen molar-refractivity contribution >= 4 is 17.5 Å². The van der Waals surface area contributed by atoms with E-state index >= 15 is 0 Å². The van der Waals surface area contributed by atoms with Gasteiger partial charge < -0.3 is 5.11 Å². The fourth-order valence-corrected chi connectivity index (χ4v) is 3.14. The number of allylic oxidation sites excluding steroid dienone is 4. The molecule has 1 unspecified atom stereocenters. The number of nitrogens with one attached hydrogen (secondary N) is 1. The van der Waals surface area contributed by atoms with Crippen LogP contribution < -0.4 is 0 Å². The summed E-state index contributed by atoms with van der Waals surface area (Å²) < 4.78 is 14.4. The molecular formula is C13H20FNOS. The Kier molecular flexibility index (Phi) is 4.55. The molecule has 1 heterocycles. The van der Waals surface area contributed by atoms with Crippen molar-refractivity contribution in [3.8, 4) is 0 Å². The Morgan fingerprint density at radius 3 is 2.59 bits per heavy atom. The van der Waals surface area contributed by atoms with Gasteiger partial charge >= 0.3 is 0 Å². The average molecular weight is 257 g/mol. The van der Waals surface area contributed by atoms with Crippen molar-refractivity contribution in [3.63, 3.8) is 0 Å². The molecule has 0 saturated heterocycles. The highest BCUT2D eigenvalue weighted by molar-refractivity contribution is 8.08. The lowest BCUT2D eigenvalue weighted by Gasteiger charge is -2.20. The van der Waals surface area contributed by atoms with Gasteiger partial charge in [-0.15, -0.1) is 0 Å². The Balaban J connectivity index is 3.10. The second-order valence-corrected chi connectivity index (χ2v) is 5.59. The van der Waals surface area contributed by atoms with Gasteiger partial charge in [0.15, 0.2) is 0 Å². The zero-order valence-electron chi connectivity index (χ0n) is 10.9. The van der Waals surface area contributed by atoms with Crippen molar-refractivity contribution in [1.29, 1.82) is 5.41 Å². The average Bonchev–Trinajstić information content (AvgIpc) is 2.56. The van der Waals surface area contributed by atoms with E-state index in [0.29, 0.717) is 16.2 Å². The maximum absolute atomic E-state index is 14.4. The molecule has 0 spiro atoms. The van der Waals surface area contributed by atoms with Crippen LogP contribution in [0.3, 0.4) is 0 Å². The van der Waals surface area contributed by atoms with E-state index in [2.05, 4.69) is 0 Å². The molecule has 0 aliphatic carbocycles. The normalized spacial score (nSPS) is 23.1. The highest BCUT2D eigenvalue weighted by Gasteiger charge is 2.37. The summed E-state index contributed by atoms with van der Waals surface area (Å²) in [6, 6.07) is 0. The van der Waals surface area contributed by atoms with Crippen LogP contribution >= 0.6 is 11.8 Å². The van der Waals surface area contributed by atoms with Crippen molar-refractivity contribution in [3.05, 3.63) is 21.0 Å². The van der Waals surface area contributed by atoms with Crippen LogP contribution in [0, 0.1) is 5.41 Å². The lowest BCUT2D eigenvalue weighted by molar-refractivity contribution is 0.174. The number of hydrogen-bond donors (Lipinski definition) is 2. The van der Waals surface area contributed by atoms with Crippen LogP contribution in [-0.2, 0) is 0 Å². The second-order valence-electron chi connectivity index (χ2n) is 4.57. The first-order valence-corrected chi connectivity index (χ1v) is 6.64. The third-order valence-corrected chi connectivity index (χ3v) is 4.81. The van der Waals surface area contributed by atoms with Gasteiger partial charge in [0.25, 0.3) is 0 Å². The van der Waals surface area contributed by atoms with Crippen molar-refractivity contribution in [2.75, 3.05) is 6.61 Å². The van der Waals surface area contributed by atoms with E-state index in [1.54, 1.807) is 6.92 Å². The molecule has 1 aliphatic heterocycles. The minimum absolute atomic E-state index is 0.0818. The molecule has 1 aliphatic rings. The topological polar surface area (TPSA) is 44.1 Å². The number of aliphatic hydroxyl groups excluding tert-OH is 1. The van der Waals surface area contributed by atoms with Crippen molar-refractivity contribution in [2.45, 2.75) is 46.2 Å². The zero-order valence-corrected chi connectivity index (χ0v) is 11.7. The van der Waals surface area contributed by atoms with E-state index in [1.165, 1.54) is 18.7 Å². The molecule has 2 N–H and O–H groups in total. The summed E-state index contributed by atoms with van der Waals surface area (Å²) in [5, 5.41) is 16.9. The largest absolute Gasteiger partial charge is 0.396 e. The molecular weight excluding hydrogens is 237 g/mol. The van der Waals surface area contributed by atoms with Crippen LogP contribution in [0.1, 0.15) is 40.5 Å².